The van der Waals surface area contributed by atoms with Crippen molar-refractivity contribution in [1.29, 1.82) is 0 Å². The standard InChI is InChI=1S/C14H18BrCl/c15-10-13(12-5-1-2-6-12)8-11-4-3-7-14(16)9-11/h3-4,7,9,12-13H,1-2,5-6,8,10H2. The molecule has 2 heteroatoms. The summed E-state index contributed by atoms with van der Waals surface area (Å²) in [6.45, 7) is 0. The van der Waals surface area contributed by atoms with Crippen LogP contribution in [-0.4, -0.2) is 5.33 Å². The van der Waals surface area contributed by atoms with Crippen molar-refractivity contribution in [2.75, 3.05) is 5.33 Å². The molecule has 1 fully saturated rings. The van der Waals surface area contributed by atoms with Crippen LogP contribution in [0.15, 0.2) is 24.3 Å². The van der Waals surface area contributed by atoms with E-state index < -0.39 is 0 Å². The number of alkyl halides is 1. The normalized spacial score (nSPS) is 18.9. The second-order valence-corrected chi connectivity index (χ2v) is 5.88. The fourth-order valence-electron chi connectivity index (χ4n) is 2.74. The van der Waals surface area contributed by atoms with E-state index in [9.17, 15) is 0 Å². The van der Waals surface area contributed by atoms with Crippen molar-refractivity contribution in [3.05, 3.63) is 34.9 Å². The van der Waals surface area contributed by atoms with E-state index in [2.05, 4.69) is 34.1 Å². The van der Waals surface area contributed by atoms with Gasteiger partial charge >= 0.3 is 0 Å². The average molecular weight is 302 g/mol. The van der Waals surface area contributed by atoms with Gasteiger partial charge in [0.2, 0.25) is 0 Å². The van der Waals surface area contributed by atoms with Crippen LogP contribution < -0.4 is 0 Å². The summed E-state index contributed by atoms with van der Waals surface area (Å²) in [6.07, 6.45) is 6.83. The molecule has 2 rings (SSSR count). The summed E-state index contributed by atoms with van der Waals surface area (Å²) < 4.78 is 0. The molecule has 0 heterocycles. The monoisotopic (exact) mass is 300 g/mol. The predicted octanol–water partition coefficient (Wildman–Crippen LogP) is 5.08. The lowest BCUT2D eigenvalue weighted by atomic mass is 9.87. The van der Waals surface area contributed by atoms with Crippen LogP contribution in [0.1, 0.15) is 31.2 Å². The first-order valence-corrected chi connectivity index (χ1v) is 7.60. The predicted molar refractivity (Wildman–Crippen MR) is 74.4 cm³/mol. The van der Waals surface area contributed by atoms with E-state index in [4.69, 9.17) is 11.6 Å². The Morgan fingerprint density at radius 3 is 2.69 bits per heavy atom. The van der Waals surface area contributed by atoms with E-state index in [1.54, 1.807) is 0 Å². The Bertz CT molecular complexity index is 331. The van der Waals surface area contributed by atoms with E-state index in [-0.39, 0.29) is 0 Å². The lowest BCUT2D eigenvalue weighted by Gasteiger charge is -2.21. The summed E-state index contributed by atoms with van der Waals surface area (Å²) in [5.74, 6) is 1.69. The van der Waals surface area contributed by atoms with Crippen molar-refractivity contribution in [2.45, 2.75) is 32.1 Å². The Morgan fingerprint density at radius 2 is 2.06 bits per heavy atom. The summed E-state index contributed by atoms with van der Waals surface area (Å²) in [5.41, 5.74) is 1.38. The van der Waals surface area contributed by atoms with E-state index in [0.717, 1.165) is 28.6 Å². The maximum atomic E-state index is 6.02. The zero-order valence-electron chi connectivity index (χ0n) is 9.46. The smallest absolute Gasteiger partial charge is 0.0408 e. The lowest BCUT2D eigenvalue weighted by molar-refractivity contribution is 0.373. The maximum absolute atomic E-state index is 6.02. The van der Waals surface area contributed by atoms with Gasteiger partial charge in [-0.3, -0.25) is 0 Å². The van der Waals surface area contributed by atoms with Crippen molar-refractivity contribution < 1.29 is 0 Å². The minimum absolute atomic E-state index is 0.779. The van der Waals surface area contributed by atoms with Gasteiger partial charge in [0, 0.05) is 10.4 Å². The van der Waals surface area contributed by atoms with Gasteiger partial charge in [0.25, 0.3) is 0 Å². The van der Waals surface area contributed by atoms with Gasteiger partial charge in [-0.25, -0.2) is 0 Å². The molecule has 0 spiro atoms. The highest BCUT2D eigenvalue weighted by atomic mass is 79.9. The van der Waals surface area contributed by atoms with E-state index >= 15 is 0 Å². The molecular weight excluding hydrogens is 284 g/mol. The molecule has 0 bridgehead atoms. The SMILES string of the molecule is Clc1cccc(CC(CBr)C2CCCC2)c1. The van der Waals surface area contributed by atoms with Crippen molar-refractivity contribution in [1.82, 2.24) is 0 Å². The molecule has 0 amide bonds. The molecule has 88 valence electrons. The van der Waals surface area contributed by atoms with Gasteiger partial charge in [0.1, 0.15) is 0 Å². The Labute approximate surface area is 112 Å². The molecule has 1 aromatic carbocycles. The minimum Gasteiger partial charge on any atom is -0.0925 e. The first-order valence-electron chi connectivity index (χ1n) is 6.10. The fraction of sp³-hybridized carbons (Fsp3) is 0.571. The van der Waals surface area contributed by atoms with Crippen LogP contribution in [0, 0.1) is 11.8 Å². The average Bonchev–Trinajstić information content (AvgIpc) is 2.79. The molecule has 1 unspecified atom stereocenters. The molecule has 1 aliphatic rings. The van der Waals surface area contributed by atoms with Crippen LogP contribution >= 0.6 is 27.5 Å². The largest absolute Gasteiger partial charge is 0.0925 e. The first kappa shape index (κ1) is 12.4. The number of hydrogen-bond acceptors (Lipinski definition) is 0. The van der Waals surface area contributed by atoms with Gasteiger partial charge in [-0.05, 0) is 36.0 Å². The van der Waals surface area contributed by atoms with E-state index in [1.165, 1.54) is 31.2 Å². The third-order valence-corrected chi connectivity index (χ3v) is 4.72. The molecule has 1 aliphatic carbocycles. The first-order chi connectivity index (χ1) is 7.79. The molecule has 0 saturated heterocycles. The van der Waals surface area contributed by atoms with Crippen LogP contribution in [0.3, 0.4) is 0 Å². The van der Waals surface area contributed by atoms with Crippen molar-refractivity contribution in [3.8, 4) is 0 Å². The Hall–Kier alpha value is -0.0100. The Kier molecular flexibility index (Phi) is 4.72. The van der Waals surface area contributed by atoms with Gasteiger partial charge in [0.05, 0.1) is 0 Å². The molecule has 0 radical (unpaired) electrons. The zero-order chi connectivity index (χ0) is 11.4. The molecule has 0 aliphatic heterocycles. The van der Waals surface area contributed by atoms with Gasteiger partial charge in [-0.2, -0.15) is 0 Å². The second kappa shape index (κ2) is 6.07. The summed E-state index contributed by atoms with van der Waals surface area (Å²) in [6, 6.07) is 8.30. The summed E-state index contributed by atoms with van der Waals surface area (Å²) in [7, 11) is 0. The van der Waals surface area contributed by atoms with Crippen LogP contribution in [0.25, 0.3) is 0 Å². The van der Waals surface area contributed by atoms with Crippen molar-refractivity contribution in [2.24, 2.45) is 11.8 Å². The van der Waals surface area contributed by atoms with Gasteiger partial charge in [-0.1, -0.05) is 65.3 Å². The molecule has 1 aromatic rings. The minimum atomic E-state index is 0.779. The quantitative estimate of drug-likeness (QED) is 0.680. The maximum Gasteiger partial charge on any atom is 0.0408 e. The summed E-state index contributed by atoms with van der Waals surface area (Å²) in [4.78, 5) is 0. The number of rotatable bonds is 4. The second-order valence-electron chi connectivity index (χ2n) is 4.79. The van der Waals surface area contributed by atoms with Crippen LogP contribution in [-0.2, 0) is 6.42 Å². The van der Waals surface area contributed by atoms with E-state index in [1.807, 2.05) is 6.07 Å². The molecule has 16 heavy (non-hydrogen) atoms. The number of benzene rings is 1. The van der Waals surface area contributed by atoms with Crippen molar-refractivity contribution >= 4 is 27.5 Å². The third kappa shape index (κ3) is 3.24. The zero-order valence-corrected chi connectivity index (χ0v) is 11.8. The van der Waals surface area contributed by atoms with E-state index in [0.29, 0.717) is 0 Å². The lowest BCUT2D eigenvalue weighted by Crippen LogP contribution is -2.16. The number of halogens is 2. The van der Waals surface area contributed by atoms with Crippen LogP contribution in [0.5, 0.6) is 0 Å². The molecular formula is C14H18BrCl. The van der Waals surface area contributed by atoms with Crippen molar-refractivity contribution in [3.63, 3.8) is 0 Å². The summed E-state index contributed by atoms with van der Waals surface area (Å²) >= 11 is 9.69. The summed E-state index contributed by atoms with van der Waals surface area (Å²) in [5, 5.41) is 1.97. The van der Waals surface area contributed by atoms with Gasteiger partial charge in [0.15, 0.2) is 0 Å². The highest BCUT2D eigenvalue weighted by Gasteiger charge is 2.24. The van der Waals surface area contributed by atoms with Gasteiger partial charge in [-0.15, -0.1) is 0 Å². The molecule has 1 atom stereocenters. The molecule has 0 aromatic heterocycles. The molecule has 1 saturated carbocycles. The van der Waals surface area contributed by atoms with Crippen LogP contribution in [0.2, 0.25) is 5.02 Å². The van der Waals surface area contributed by atoms with Gasteiger partial charge < -0.3 is 0 Å². The number of hydrogen-bond donors (Lipinski definition) is 0. The Morgan fingerprint density at radius 1 is 1.31 bits per heavy atom. The topological polar surface area (TPSA) is 0 Å². The molecule has 0 nitrogen and oxygen atoms in total. The van der Waals surface area contributed by atoms with Crippen LogP contribution in [0.4, 0.5) is 0 Å². The highest BCUT2D eigenvalue weighted by Crippen LogP contribution is 2.34. The highest BCUT2D eigenvalue weighted by molar-refractivity contribution is 9.09. The third-order valence-electron chi connectivity index (χ3n) is 3.65. The Balaban J connectivity index is 2.00. The fourth-order valence-corrected chi connectivity index (χ4v) is 3.71. The molecule has 0 N–H and O–H groups in total.